The quantitative estimate of drug-likeness (QED) is 0.769. The molecule has 0 aliphatic rings. The van der Waals surface area contributed by atoms with Gasteiger partial charge in [0.25, 0.3) is 0 Å². The molecular weight excluding hydrogens is 311 g/mol. The lowest BCUT2D eigenvalue weighted by atomic mass is 10.3. The lowest BCUT2D eigenvalue weighted by Gasteiger charge is -2.06. The van der Waals surface area contributed by atoms with Crippen molar-refractivity contribution in [1.29, 1.82) is 0 Å². The maximum Gasteiger partial charge on any atom is 0.417 e. The Morgan fingerprint density at radius 2 is 1.96 bits per heavy atom. The number of hydrogen-bond acceptors (Lipinski definition) is 6. The van der Waals surface area contributed by atoms with Gasteiger partial charge in [-0.2, -0.15) is 22.8 Å². The first kappa shape index (κ1) is 14.8. The Morgan fingerprint density at radius 1 is 1.13 bits per heavy atom. The number of nitrogens with zero attached hydrogens (tertiary/aromatic N) is 5. The molecule has 0 atom stereocenters. The lowest BCUT2D eigenvalue weighted by molar-refractivity contribution is -0.137. The first-order chi connectivity index (χ1) is 10.9. The first-order valence-corrected chi connectivity index (χ1v) is 6.37. The third kappa shape index (κ3) is 3.20. The number of anilines is 3. The van der Waals surface area contributed by atoms with E-state index in [9.17, 15) is 13.2 Å². The monoisotopic (exact) mass is 321 g/mol. The number of aromatic nitrogens is 5. The molecule has 3 aromatic heterocycles. The molecular formula is C13H10F3N7. The van der Waals surface area contributed by atoms with E-state index < -0.39 is 11.7 Å². The van der Waals surface area contributed by atoms with Crippen LogP contribution in [0.5, 0.6) is 0 Å². The molecule has 0 unspecified atom stereocenters. The minimum atomic E-state index is -4.45. The van der Waals surface area contributed by atoms with Crippen LogP contribution in [0.15, 0.2) is 42.9 Å². The predicted molar refractivity (Wildman–Crippen MR) is 76.1 cm³/mol. The van der Waals surface area contributed by atoms with Crippen LogP contribution in [0, 0.1) is 0 Å². The number of pyridine rings is 2. The van der Waals surface area contributed by atoms with Crippen molar-refractivity contribution in [1.82, 2.24) is 24.7 Å². The van der Waals surface area contributed by atoms with E-state index in [0.717, 1.165) is 10.7 Å². The molecule has 3 heterocycles. The van der Waals surface area contributed by atoms with E-state index in [-0.39, 0.29) is 17.7 Å². The number of nitrogens with one attached hydrogen (secondary N) is 1. The highest BCUT2D eigenvalue weighted by molar-refractivity contribution is 5.52. The van der Waals surface area contributed by atoms with Gasteiger partial charge >= 0.3 is 6.18 Å². The van der Waals surface area contributed by atoms with E-state index >= 15 is 0 Å². The number of alkyl halides is 3. The van der Waals surface area contributed by atoms with Crippen LogP contribution in [-0.2, 0) is 6.18 Å². The van der Waals surface area contributed by atoms with E-state index in [1.807, 2.05) is 0 Å². The average Bonchev–Trinajstić information content (AvgIpc) is 2.88. The molecule has 0 aliphatic heterocycles. The Hall–Kier alpha value is -3.17. The molecule has 0 saturated carbocycles. The Bertz CT molecular complexity index is 797. The Morgan fingerprint density at radius 3 is 2.57 bits per heavy atom. The number of nitrogens with two attached hydrogens (primary N) is 1. The van der Waals surface area contributed by atoms with Crippen molar-refractivity contribution in [2.75, 3.05) is 11.1 Å². The Balaban J connectivity index is 1.86. The van der Waals surface area contributed by atoms with Gasteiger partial charge in [0.1, 0.15) is 0 Å². The summed E-state index contributed by atoms with van der Waals surface area (Å²) in [5.41, 5.74) is 5.51. The van der Waals surface area contributed by atoms with Crippen molar-refractivity contribution in [2.24, 2.45) is 0 Å². The van der Waals surface area contributed by atoms with Crippen molar-refractivity contribution in [3.8, 4) is 5.82 Å². The predicted octanol–water partition coefficient (Wildman–Crippen LogP) is 2.40. The zero-order chi connectivity index (χ0) is 16.4. The minimum Gasteiger partial charge on any atom is -0.368 e. The fourth-order valence-electron chi connectivity index (χ4n) is 1.79. The van der Waals surface area contributed by atoms with E-state index in [0.29, 0.717) is 11.9 Å². The Kier molecular flexibility index (Phi) is 3.56. The smallest absolute Gasteiger partial charge is 0.368 e. The molecule has 0 fully saturated rings. The third-order valence-electron chi connectivity index (χ3n) is 2.84. The summed E-state index contributed by atoms with van der Waals surface area (Å²) < 4.78 is 38.7. The van der Waals surface area contributed by atoms with Gasteiger partial charge in [0.05, 0.1) is 17.4 Å². The molecule has 10 heteroatoms. The van der Waals surface area contributed by atoms with Crippen molar-refractivity contribution < 1.29 is 13.2 Å². The molecule has 0 spiro atoms. The summed E-state index contributed by atoms with van der Waals surface area (Å²) in [4.78, 5) is 11.6. The summed E-state index contributed by atoms with van der Waals surface area (Å²) in [6.45, 7) is 0. The molecule has 0 radical (unpaired) electrons. The molecule has 0 aliphatic carbocycles. The second-order valence-electron chi connectivity index (χ2n) is 4.47. The van der Waals surface area contributed by atoms with E-state index in [1.165, 1.54) is 6.07 Å². The molecule has 7 nitrogen and oxygen atoms in total. The van der Waals surface area contributed by atoms with Crippen LogP contribution in [0.3, 0.4) is 0 Å². The molecule has 118 valence electrons. The van der Waals surface area contributed by atoms with E-state index in [4.69, 9.17) is 5.73 Å². The van der Waals surface area contributed by atoms with Gasteiger partial charge in [-0.05, 0) is 24.3 Å². The molecule has 23 heavy (non-hydrogen) atoms. The van der Waals surface area contributed by atoms with Gasteiger partial charge in [-0.25, -0.2) is 4.98 Å². The van der Waals surface area contributed by atoms with Crippen molar-refractivity contribution in [2.45, 2.75) is 6.18 Å². The number of rotatable bonds is 3. The van der Waals surface area contributed by atoms with E-state index in [1.54, 1.807) is 24.5 Å². The van der Waals surface area contributed by atoms with Gasteiger partial charge in [0, 0.05) is 12.4 Å². The van der Waals surface area contributed by atoms with Gasteiger partial charge in [-0.1, -0.05) is 0 Å². The third-order valence-corrected chi connectivity index (χ3v) is 2.84. The highest BCUT2D eigenvalue weighted by Crippen LogP contribution is 2.28. The standard InChI is InChI=1S/C13H10F3N7/c14-13(15,16)8-3-4-10(19-6-8)23-11(17)21-12(22-23)20-9-2-1-5-18-7-9/h1-7H,(H3,17,20,21,22). The summed E-state index contributed by atoms with van der Waals surface area (Å²) in [6, 6.07) is 5.54. The van der Waals surface area contributed by atoms with Crippen LogP contribution in [0.4, 0.5) is 30.8 Å². The lowest BCUT2D eigenvalue weighted by Crippen LogP contribution is -2.08. The average molecular weight is 321 g/mol. The zero-order valence-electron chi connectivity index (χ0n) is 11.5. The molecule has 0 saturated heterocycles. The second-order valence-corrected chi connectivity index (χ2v) is 4.47. The molecule has 0 bridgehead atoms. The summed E-state index contributed by atoms with van der Waals surface area (Å²) in [7, 11) is 0. The molecule has 3 N–H and O–H groups in total. The highest BCUT2D eigenvalue weighted by atomic mass is 19.4. The minimum absolute atomic E-state index is 0.0105. The van der Waals surface area contributed by atoms with Crippen molar-refractivity contribution in [3.63, 3.8) is 0 Å². The van der Waals surface area contributed by atoms with Gasteiger partial charge in [0.15, 0.2) is 5.82 Å². The summed E-state index contributed by atoms with van der Waals surface area (Å²) >= 11 is 0. The van der Waals surface area contributed by atoms with Crippen LogP contribution in [0.2, 0.25) is 0 Å². The van der Waals surface area contributed by atoms with Crippen LogP contribution in [0.25, 0.3) is 5.82 Å². The topological polar surface area (TPSA) is 94.5 Å². The normalized spacial score (nSPS) is 11.4. The fourth-order valence-corrected chi connectivity index (χ4v) is 1.79. The van der Waals surface area contributed by atoms with Crippen LogP contribution in [0.1, 0.15) is 5.56 Å². The van der Waals surface area contributed by atoms with Crippen LogP contribution < -0.4 is 11.1 Å². The molecule has 0 amide bonds. The van der Waals surface area contributed by atoms with Gasteiger partial charge < -0.3 is 11.1 Å². The summed E-state index contributed by atoms with van der Waals surface area (Å²) in [5, 5.41) is 6.94. The van der Waals surface area contributed by atoms with Gasteiger partial charge in [0.2, 0.25) is 11.9 Å². The molecule has 0 aromatic carbocycles. The Labute approximate surface area is 128 Å². The maximum atomic E-state index is 12.5. The largest absolute Gasteiger partial charge is 0.417 e. The second kappa shape index (κ2) is 5.55. The SMILES string of the molecule is Nc1nc(Nc2cccnc2)nn1-c1ccc(C(F)(F)F)cn1. The fraction of sp³-hybridized carbons (Fsp3) is 0.0769. The zero-order valence-corrected chi connectivity index (χ0v) is 11.5. The first-order valence-electron chi connectivity index (χ1n) is 6.37. The summed E-state index contributed by atoms with van der Waals surface area (Å²) in [6.07, 6.45) is -0.567. The highest BCUT2D eigenvalue weighted by Gasteiger charge is 2.30. The number of halogens is 3. The molecule has 3 rings (SSSR count). The maximum absolute atomic E-state index is 12.5. The van der Waals surface area contributed by atoms with Crippen molar-refractivity contribution in [3.05, 3.63) is 48.4 Å². The number of nitrogen functional groups attached to an aromatic ring is 1. The summed E-state index contributed by atoms with van der Waals surface area (Å²) in [5.74, 6) is 0.295. The van der Waals surface area contributed by atoms with Gasteiger partial charge in [-0.15, -0.1) is 5.10 Å². The van der Waals surface area contributed by atoms with Crippen molar-refractivity contribution >= 4 is 17.6 Å². The van der Waals surface area contributed by atoms with Crippen LogP contribution in [-0.4, -0.2) is 24.7 Å². The molecule has 3 aromatic rings. The number of hydrogen-bond donors (Lipinski definition) is 2. The van der Waals surface area contributed by atoms with E-state index in [2.05, 4.69) is 25.4 Å². The van der Waals surface area contributed by atoms with Gasteiger partial charge in [-0.3, -0.25) is 4.98 Å². The van der Waals surface area contributed by atoms with Crippen LogP contribution >= 0.6 is 0 Å².